The molecule has 2 aromatic carbocycles. The first kappa shape index (κ1) is 18.4. The highest BCUT2D eigenvalue weighted by atomic mass is 16.6. The molecule has 0 atom stereocenters. The third kappa shape index (κ3) is 3.59. The van der Waals surface area contributed by atoms with Crippen LogP contribution in [0.1, 0.15) is 10.5 Å². The summed E-state index contributed by atoms with van der Waals surface area (Å²) in [6.45, 7) is 2.51. The summed E-state index contributed by atoms with van der Waals surface area (Å²) in [6, 6.07) is 15.9. The Kier molecular flexibility index (Phi) is 4.82. The van der Waals surface area contributed by atoms with E-state index in [1.165, 1.54) is 18.2 Å². The smallest absolute Gasteiger partial charge is 0.360 e. The Morgan fingerprint density at radius 1 is 0.931 bits per heavy atom. The van der Waals surface area contributed by atoms with Crippen LogP contribution >= 0.6 is 0 Å². The summed E-state index contributed by atoms with van der Waals surface area (Å²) in [4.78, 5) is 27.6. The van der Waals surface area contributed by atoms with Gasteiger partial charge in [0.25, 0.3) is 5.69 Å². The number of nitro groups is 1. The molecule has 1 saturated heterocycles. The Bertz CT molecular complexity index is 1040. The number of para-hydroxylation sites is 3. The second-order valence-electron chi connectivity index (χ2n) is 6.52. The monoisotopic (exact) mass is 394 g/mol. The zero-order chi connectivity index (χ0) is 20.4. The predicted molar refractivity (Wildman–Crippen MR) is 106 cm³/mol. The number of aromatic carboxylic acids is 1. The van der Waals surface area contributed by atoms with Gasteiger partial charge in [-0.25, -0.2) is 4.79 Å². The summed E-state index contributed by atoms with van der Waals surface area (Å²) in [5.41, 5.74) is 0.805. The molecule has 3 aromatic rings. The van der Waals surface area contributed by atoms with Gasteiger partial charge in [-0.3, -0.25) is 10.1 Å². The van der Waals surface area contributed by atoms with Crippen LogP contribution in [0.3, 0.4) is 0 Å². The number of carboxylic acid groups (broad SMARTS) is 1. The van der Waals surface area contributed by atoms with Crippen molar-refractivity contribution in [3.63, 3.8) is 0 Å². The van der Waals surface area contributed by atoms with Crippen LogP contribution in [0.15, 0.2) is 54.6 Å². The number of nitro benzene ring substituents is 1. The van der Waals surface area contributed by atoms with Crippen molar-refractivity contribution in [2.45, 2.75) is 0 Å². The van der Waals surface area contributed by atoms with Gasteiger partial charge in [0.15, 0.2) is 11.5 Å². The minimum atomic E-state index is -1.23. The maximum atomic E-state index is 11.7. The molecule has 10 heteroatoms. The average Bonchev–Trinajstić information content (AvgIpc) is 3.20. The first-order chi connectivity index (χ1) is 14.0. The van der Waals surface area contributed by atoms with Crippen molar-refractivity contribution in [1.29, 1.82) is 0 Å². The van der Waals surface area contributed by atoms with E-state index in [-0.39, 0.29) is 22.9 Å². The van der Waals surface area contributed by atoms with E-state index < -0.39 is 10.9 Å². The van der Waals surface area contributed by atoms with E-state index in [2.05, 4.69) is 15.1 Å². The van der Waals surface area contributed by atoms with Crippen molar-refractivity contribution in [3.05, 3.63) is 70.4 Å². The molecule has 0 amide bonds. The SMILES string of the molecule is O=C(O)c1nn(-c2ccccc2[N+](=O)[O-])nc1N1CCN(c2ccccc2)CC1. The molecule has 0 aliphatic carbocycles. The van der Waals surface area contributed by atoms with Crippen LogP contribution in [0, 0.1) is 10.1 Å². The summed E-state index contributed by atoms with van der Waals surface area (Å²) in [5, 5.41) is 29.2. The number of carboxylic acids is 1. The zero-order valence-corrected chi connectivity index (χ0v) is 15.4. The number of hydrogen-bond donors (Lipinski definition) is 1. The highest BCUT2D eigenvalue weighted by Crippen LogP contribution is 2.25. The predicted octanol–water partition coefficient (Wildman–Crippen LogP) is 2.20. The Morgan fingerprint density at radius 3 is 2.21 bits per heavy atom. The Balaban J connectivity index is 1.62. The van der Waals surface area contributed by atoms with E-state index in [0.29, 0.717) is 26.2 Å². The molecule has 0 bridgehead atoms. The van der Waals surface area contributed by atoms with Crippen LogP contribution in [0.5, 0.6) is 0 Å². The molecular formula is C19H18N6O4. The fourth-order valence-electron chi connectivity index (χ4n) is 3.36. The number of benzene rings is 2. The van der Waals surface area contributed by atoms with E-state index in [1.54, 1.807) is 6.07 Å². The number of rotatable bonds is 5. The van der Waals surface area contributed by atoms with Crippen molar-refractivity contribution in [3.8, 4) is 5.69 Å². The molecule has 0 unspecified atom stereocenters. The highest BCUT2D eigenvalue weighted by molar-refractivity contribution is 5.91. The maximum Gasteiger partial charge on any atom is 0.360 e. The van der Waals surface area contributed by atoms with Gasteiger partial charge in [0, 0.05) is 37.9 Å². The quantitative estimate of drug-likeness (QED) is 0.517. The number of aromatic nitrogens is 3. The zero-order valence-electron chi connectivity index (χ0n) is 15.4. The first-order valence-electron chi connectivity index (χ1n) is 9.04. The van der Waals surface area contributed by atoms with Gasteiger partial charge in [0.2, 0.25) is 5.69 Å². The molecular weight excluding hydrogens is 376 g/mol. The molecule has 1 aromatic heterocycles. The minimum Gasteiger partial charge on any atom is -0.476 e. The third-order valence-corrected chi connectivity index (χ3v) is 4.79. The van der Waals surface area contributed by atoms with Gasteiger partial charge in [0.1, 0.15) is 0 Å². The van der Waals surface area contributed by atoms with E-state index >= 15 is 0 Å². The standard InChI is InChI=1S/C19H18N6O4/c26-19(27)17-18(21-24(20-17)15-8-4-5-9-16(15)25(28)29)23-12-10-22(11-13-23)14-6-2-1-3-7-14/h1-9H,10-13H2,(H,26,27). The number of carbonyl (C=O) groups is 1. The fraction of sp³-hybridized carbons (Fsp3) is 0.211. The number of anilines is 2. The van der Waals surface area contributed by atoms with Crippen LogP contribution in [0.2, 0.25) is 0 Å². The lowest BCUT2D eigenvalue weighted by Crippen LogP contribution is -2.47. The lowest BCUT2D eigenvalue weighted by Gasteiger charge is -2.36. The Hall–Kier alpha value is -3.95. The van der Waals surface area contributed by atoms with Gasteiger partial charge in [-0.15, -0.1) is 15.0 Å². The van der Waals surface area contributed by atoms with Gasteiger partial charge in [-0.05, 0) is 18.2 Å². The molecule has 4 rings (SSSR count). The molecule has 29 heavy (non-hydrogen) atoms. The van der Waals surface area contributed by atoms with Gasteiger partial charge in [-0.1, -0.05) is 30.3 Å². The molecule has 10 nitrogen and oxygen atoms in total. The molecule has 148 valence electrons. The van der Waals surface area contributed by atoms with Crippen molar-refractivity contribution in [2.75, 3.05) is 36.0 Å². The summed E-state index contributed by atoms with van der Waals surface area (Å²) in [6.07, 6.45) is 0. The first-order valence-corrected chi connectivity index (χ1v) is 9.04. The lowest BCUT2D eigenvalue weighted by atomic mass is 10.2. The van der Waals surface area contributed by atoms with Crippen molar-refractivity contribution >= 4 is 23.2 Å². The molecule has 1 aliphatic rings. The van der Waals surface area contributed by atoms with E-state index in [4.69, 9.17) is 0 Å². The summed E-state index contributed by atoms with van der Waals surface area (Å²) in [7, 11) is 0. The molecule has 2 heterocycles. The lowest BCUT2D eigenvalue weighted by molar-refractivity contribution is -0.384. The number of piperazine rings is 1. The van der Waals surface area contributed by atoms with Gasteiger partial charge in [-0.2, -0.15) is 0 Å². The second-order valence-corrected chi connectivity index (χ2v) is 6.52. The van der Waals surface area contributed by atoms with Crippen LogP contribution < -0.4 is 9.80 Å². The van der Waals surface area contributed by atoms with Crippen molar-refractivity contribution < 1.29 is 14.8 Å². The summed E-state index contributed by atoms with van der Waals surface area (Å²) < 4.78 is 0. The van der Waals surface area contributed by atoms with Crippen LogP contribution in [0.25, 0.3) is 5.69 Å². The van der Waals surface area contributed by atoms with Crippen molar-refractivity contribution in [1.82, 2.24) is 15.0 Å². The highest BCUT2D eigenvalue weighted by Gasteiger charge is 2.28. The normalized spacial score (nSPS) is 14.1. The van der Waals surface area contributed by atoms with E-state index in [0.717, 1.165) is 10.5 Å². The summed E-state index contributed by atoms with van der Waals surface area (Å²) in [5.74, 6) is -1.02. The Morgan fingerprint density at radius 2 is 1.55 bits per heavy atom. The molecule has 0 radical (unpaired) electrons. The minimum absolute atomic E-state index is 0.120. The fourth-order valence-corrected chi connectivity index (χ4v) is 3.36. The second kappa shape index (κ2) is 7.58. The van der Waals surface area contributed by atoms with Crippen LogP contribution in [0.4, 0.5) is 17.2 Å². The Labute approximate surface area is 165 Å². The molecule has 1 fully saturated rings. The topological polar surface area (TPSA) is 118 Å². The van der Waals surface area contributed by atoms with E-state index in [9.17, 15) is 20.0 Å². The van der Waals surface area contributed by atoms with Gasteiger partial charge < -0.3 is 14.9 Å². The number of hydrogen-bond acceptors (Lipinski definition) is 7. The van der Waals surface area contributed by atoms with Crippen molar-refractivity contribution in [2.24, 2.45) is 0 Å². The van der Waals surface area contributed by atoms with Crippen LogP contribution in [-0.2, 0) is 0 Å². The molecule has 1 N–H and O–H groups in total. The summed E-state index contributed by atoms with van der Waals surface area (Å²) >= 11 is 0. The van der Waals surface area contributed by atoms with E-state index in [1.807, 2.05) is 35.2 Å². The van der Waals surface area contributed by atoms with Gasteiger partial charge >= 0.3 is 5.97 Å². The largest absolute Gasteiger partial charge is 0.476 e. The average molecular weight is 394 g/mol. The molecule has 0 saturated carbocycles. The number of nitrogens with zero attached hydrogens (tertiary/aromatic N) is 6. The van der Waals surface area contributed by atoms with Gasteiger partial charge in [0.05, 0.1) is 4.92 Å². The molecule has 1 aliphatic heterocycles. The van der Waals surface area contributed by atoms with Crippen LogP contribution in [-0.4, -0.2) is 57.2 Å². The third-order valence-electron chi connectivity index (χ3n) is 4.79. The maximum absolute atomic E-state index is 11.7. The molecule has 0 spiro atoms.